The summed E-state index contributed by atoms with van der Waals surface area (Å²) < 4.78 is 3.75. The van der Waals surface area contributed by atoms with E-state index in [1.165, 1.54) is 16.1 Å². The minimum absolute atomic E-state index is 0.168. The van der Waals surface area contributed by atoms with Gasteiger partial charge in [-0.05, 0) is 31.8 Å². The van der Waals surface area contributed by atoms with Crippen molar-refractivity contribution in [3.63, 3.8) is 0 Å². The van der Waals surface area contributed by atoms with Crippen molar-refractivity contribution in [2.24, 2.45) is 0 Å². The number of hydrazine groups is 1. The van der Waals surface area contributed by atoms with Crippen LogP contribution in [0.15, 0.2) is 12.2 Å². The highest BCUT2D eigenvalue weighted by atomic mass is 32.1. The molecule has 96 valence electrons. The summed E-state index contributed by atoms with van der Waals surface area (Å²) in [4.78, 5) is 24.6. The summed E-state index contributed by atoms with van der Waals surface area (Å²) in [6.45, 7) is 4.64. The van der Waals surface area contributed by atoms with Gasteiger partial charge in [-0.25, -0.2) is 10.0 Å². The van der Waals surface area contributed by atoms with Gasteiger partial charge in [0.1, 0.15) is 4.88 Å². The number of aryl methyl sites for hydroxylation is 1. The molecule has 2 rings (SSSR count). The maximum absolute atomic E-state index is 12.3. The normalized spacial score (nSPS) is 15.7. The minimum Gasteiger partial charge on any atom is -0.268 e. The summed E-state index contributed by atoms with van der Waals surface area (Å²) in [6.07, 6.45) is 3.92. The first kappa shape index (κ1) is 12.7. The molecule has 0 aromatic carbocycles. The fraction of sp³-hybridized carbons (Fsp3) is 0.455. The van der Waals surface area contributed by atoms with Crippen LogP contribution in [0.2, 0.25) is 0 Å². The Kier molecular flexibility index (Phi) is 3.71. The molecule has 0 saturated carbocycles. The van der Waals surface area contributed by atoms with E-state index in [2.05, 4.69) is 9.59 Å². The second-order valence-corrected chi connectivity index (χ2v) is 4.68. The zero-order valence-corrected chi connectivity index (χ0v) is 11.1. The van der Waals surface area contributed by atoms with E-state index in [0.717, 1.165) is 18.0 Å². The number of aromatic nitrogens is 2. The second kappa shape index (κ2) is 5.26. The number of rotatable bonds is 2. The summed E-state index contributed by atoms with van der Waals surface area (Å²) in [5.74, 6) is -0.365. The highest BCUT2D eigenvalue weighted by Gasteiger charge is 2.31. The van der Waals surface area contributed by atoms with Gasteiger partial charge in [0, 0.05) is 19.2 Å². The van der Waals surface area contributed by atoms with Gasteiger partial charge in [0.2, 0.25) is 0 Å². The Morgan fingerprint density at radius 2 is 2.06 bits per heavy atom. The van der Waals surface area contributed by atoms with E-state index in [1.807, 2.05) is 0 Å². The van der Waals surface area contributed by atoms with Crippen LogP contribution in [0.1, 0.15) is 28.7 Å². The molecule has 18 heavy (non-hydrogen) atoms. The van der Waals surface area contributed by atoms with E-state index < -0.39 is 0 Å². The first-order valence-corrected chi connectivity index (χ1v) is 6.47. The number of carbonyl (C=O) groups excluding carboxylic acids is 2. The average Bonchev–Trinajstić information content (AvgIpc) is 2.96. The molecule has 0 radical (unpaired) electrons. The third-order valence-electron chi connectivity index (χ3n) is 2.68. The number of hydrogen-bond acceptors (Lipinski definition) is 5. The zero-order chi connectivity index (χ0) is 13.1. The van der Waals surface area contributed by atoms with Crippen molar-refractivity contribution in [2.75, 3.05) is 13.1 Å². The van der Waals surface area contributed by atoms with Crippen molar-refractivity contribution in [2.45, 2.75) is 20.3 Å². The average molecular weight is 266 g/mol. The topological polar surface area (TPSA) is 66.4 Å². The van der Waals surface area contributed by atoms with Crippen LogP contribution in [0, 0.1) is 6.92 Å². The van der Waals surface area contributed by atoms with E-state index in [1.54, 1.807) is 19.9 Å². The van der Waals surface area contributed by atoms with Gasteiger partial charge in [-0.2, -0.15) is 0 Å². The number of hydrogen-bond donors (Lipinski definition) is 0. The van der Waals surface area contributed by atoms with E-state index in [0.29, 0.717) is 23.7 Å². The lowest BCUT2D eigenvalue weighted by Gasteiger charge is -2.26. The molecule has 1 aromatic heterocycles. The number of carbonyl (C=O) groups is 2. The number of allylic oxidation sites excluding steroid dienone is 1. The first-order valence-electron chi connectivity index (χ1n) is 5.70. The van der Waals surface area contributed by atoms with Gasteiger partial charge >= 0.3 is 0 Å². The Labute approximate surface area is 109 Å². The molecule has 0 atom stereocenters. The number of amides is 2. The molecular weight excluding hydrogens is 252 g/mol. The van der Waals surface area contributed by atoms with Crippen LogP contribution in [0.4, 0.5) is 0 Å². The Morgan fingerprint density at radius 3 is 2.67 bits per heavy atom. The Balaban J connectivity index is 2.20. The predicted molar refractivity (Wildman–Crippen MR) is 66.8 cm³/mol. The fourth-order valence-corrected chi connectivity index (χ4v) is 2.43. The molecule has 1 aliphatic heterocycles. The van der Waals surface area contributed by atoms with Crippen molar-refractivity contribution in [3.8, 4) is 0 Å². The van der Waals surface area contributed by atoms with Crippen molar-refractivity contribution in [3.05, 3.63) is 22.7 Å². The third kappa shape index (κ3) is 2.26. The molecule has 6 nitrogen and oxygen atoms in total. The molecule has 2 heterocycles. The molecule has 0 spiro atoms. The Hall–Kier alpha value is -1.76. The van der Waals surface area contributed by atoms with Crippen LogP contribution in [0.3, 0.4) is 0 Å². The van der Waals surface area contributed by atoms with Crippen LogP contribution < -0.4 is 0 Å². The van der Waals surface area contributed by atoms with Gasteiger partial charge in [-0.1, -0.05) is 10.6 Å². The molecule has 0 N–H and O–H groups in total. The third-order valence-corrected chi connectivity index (χ3v) is 3.49. The zero-order valence-electron chi connectivity index (χ0n) is 10.3. The highest BCUT2D eigenvalue weighted by molar-refractivity contribution is 7.07. The fourth-order valence-electron chi connectivity index (χ4n) is 1.83. The minimum atomic E-state index is -0.196. The van der Waals surface area contributed by atoms with Gasteiger partial charge in [0.05, 0.1) is 5.69 Å². The second-order valence-electron chi connectivity index (χ2n) is 3.93. The lowest BCUT2D eigenvalue weighted by Crippen LogP contribution is -2.44. The lowest BCUT2D eigenvalue weighted by molar-refractivity contribution is -0.134. The predicted octanol–water partition coefficient (Wildman–Crippen LogP) is 1.01. The van der Waals surface area contributed by atoms with E-state index in [-0.39, 0.29) is 11.8 Å². The summed E-state index contributed by atoms with van der Waals surface area (Å²) in [5, 5.41) is 6.77. The standard InChI is InChI=1S/C11H14N4O2S/c1-3-5-9(16)14-6-4-7-15(14)11(17)10-8(2)12-13-18-10/h3,5H,4,6-7H2,1-2H3. The largest absolute Gasteiger partial charge is 0.286 e. The maximum atomic E-state index is 12.3. The van der Waals surface area contributed by atoms with Crippen molar-refractivity contribution in [1.82, 2.24) is 19.6 Å². The van der Waals surface area contributed by atoms with E-state index in [4.69, 9.17) is 0 Å². The van der Waals surface area contributed by atoms with Gasteiger partial charge in [0.15, 0.2) is 0 Å². The van der Waals surface area contributed by atoms with Gasteiger partial charge in [0.25, 0.3) is 11.8 Å². The molecule has 2 amide bonds. The monoisotopic (exact) mass is 266 g/mol. The summed E-state index contributed by atoms with van der Waals surface area (Å²) >= 11 is 1.06. The van der Waals surface area contributed by atoms with E-state index in [9.17, 15) is 9.59 Å². The molecule has 0 aliphatic carbocycles. The quantitative estimate of drug-likeness (QED) is 0.749. The summed E-state index contributed by atoms with van der Waals surface area (Å²) in [7, 11) is 0. The highest BCUT2D eigenvalue weighted by Crippen LogP contribution is 2.19. The maximum Gasteiger partial charge on any atom is 0.286 e. The van der Waals surface area contributed by atoms with Crippen molar-refractivity contribution in [1.29, 1.82) is 0 Å². The van der Waals surface area contributed by atoms with Crippen LogP contribution >= 0.6 is 11.5 Å². The Bertz CT molecular complexity index is 497. The van der Waals surface area contributed by atoms with Gasteiger partial charge < -0.3 is 0 Å². The Morgan fingerprint density at radius 1 is 1.33 bits per heavy atom. The van der Waals surface area contributed by atoms with Crippen molar-refractivity contribution < 1.29 is 9.59 Å². The van der Waals surface area contributed by atoms with Crippen molar-refractivity contribution >= 4 is 23.3 Å². The lowest BCUT2D eigenvalue weighted by atomic mass is 10.3. The molecule has 1 aromatic rings. The summed E-state index contributed by atoms with van der Waals surface area (Å²) in [6, 6.07) is 0. The molecule has 1 saturated heterocycles. The first-order chi connectivity index (χ1) is 8.65. The molecule has 1 aliphatic rings. The smallest absolute Gasteiger partial charge is 0.268 e. The molecule has 0 bridgehead atoms. The van der Waals surface area contributed by atoms with Gasteiger partial charge in [-0.3, -0.25) is 9.59 Å². The van der Waals surface area contributed by atoms with Crippen LogP contribution in [-0.4, -0.2) is 44.5 Å². The van der Waals surface area contributed by atoms with Gasteiger partial charge in [-0.15, -0.1) is 5.10 Å². The van der Waals surface area contributed by atoms with E-state index >= 15 is 0 Å². The summed E-state index contributed by atoms with van der Waals surface area (Å²) in [5.41, 5.74) is 0.607. The number of nitrogens with zero attached hydrogens (tertiary/aromatic N) is 4. The van der Waals surface area contributed by atoms with Crippen LogP contribution in [0.25, 0.3) is 0 Å². The molecule has 7 heteroatoms. The molecule has 1 fully saturated rings. The molecular formula is C11H14N4O2S. The van der Waals surface area contributed by atoms with Crippen LogP contribution in [0.5, 0.6) is 0 Å². The molecule has 0 unspecified atom stereocenters. The van der Waals surface area contributed by atoms with Crippen LogP contribution in [-0.2, 0) is 4.79 Å². The SMILES string of the molecule is CC=CC(=O)N1CCCN1C(=O)c1snnc1C.